The lowest BCUT2D eigenvalue weighted by atomic mass is 10.2. The van der Waals surface area contributed by atoms with E-state index in [1.165, 1.54) is 11.3 Å². The number of nitrogens with one attached hydrogen (secondary N) is 2. The summed E-state index contributed by atoms with van der Waals surface area (Å²) in [7, 11) is 0. The topological polar surface area (TPSA) is 83.8 Å². The predicted molar refractivity (Wildman–Crippen MR) is 88.6 cm³/mol. The number of rotatable bonds is 3. The van der Waals surface area contributed by atoms with Crippen LogP contribution in [-0.2, 0) is 0 Å². The molecule has 4 aromatic rings. The summed E-state index contributed by atoms with van der Waals surface area (Å²) >= 11 is 1.38. The van der Waals surface area contributed by atoms with Gasteiger partial charge >= 0.3 is 0 Å². The van der Waals surface area contributed by atoms with E-state index >= 15 is 0 Å². The zero-order chi connectivity index (χ0) is 15.8. The van der Waals surface area contributed by atoms with Crippen molar-refractivity contribution in [3.8, 4) is 10.8 Å². The van der Waals surface area contributed by atoms with Crippen LogP contribution in [0.5, 0.6) is 0 Å². The molecule has 0 radical (unpaired) electrons. The molecule has 23 heavy (non-hydrogen) atoms. The molecule has 3 heterocycles. The number of amides is 1. The number of hydrogen-bond donors (Lipinski definition) is 2. The van der Waals surface area contributed by atoms with Crippen LogP contribution in [0.15, 0.2) is 46.3 Å². The van der Waals surface area contributed by atoms with Crippen LogP contribution in [0, 0.1) is 6.92 Å². The molecule has 3 aromatic heterocycles. The molecule has 4 rings (SSSR count). The van der Waals surface area contributed by atoms with Gasteiger partial charge in [-0.3, -0.25) is 9.89 Å². The van der Waals surface area contributed by atoms with E-state index in [-0.39, 0.29) is 5.91 Å². The molecule has 1 amide bonds. The highest BCUT2D eigenvalue weighted by Crippen LogP contribution is 2.26. The fraction of sp³-hybridized carbons (Fsp3) is 0.0625. The molecule has 0 fully saturated rings. The summed E-state index contributed by atoms with van der Waals surface area (Å²) < 4.78 is 5.53. The molecule has 114 valence electrons. The van der Waals surface area contributed by atoms with Crippen LogP contribution in [0.25, 0.3) is 21.7 Å². The lowest BCUT2D eigenvalue weighted by Crippen LogP contribution is -2.12. The SMILES string of the molecule is Cc1ccc(-c2nc(C(=O)Nc3ccc4cn[nH]c4c3)cs2)o1. The second-order valence-corrected chi connectivity index (χ2v) is 5.93. The second-order valence-electron chi connectivity index (χ2n) is 5.07. The van der Waals surface area contributed by atoms with E-state index in [0.717, 1.165) is 16.7 Å². The number of aromatic amines is 1. The highest BCUT2D eigenvalue weighted by atomic mass is 32.1. The van der Waals surface area contributed by atoms with Gasteiger partial charge in [0.1, 0.15) is 11.5 Å². The van der Waals surface area contributed by atoms with Crippen molar-refractivity contribution in [3.63, 3.8) is 0 Å². The number of thiazole rings is 1. The Morgan fingerprint density at radius 2 is 2.22 bits per heavy atom. The van der Waals surface area contributed by atoms with Crippen molar-refractivity contribution in [2.45, 2.75) is 6.92 Å². The maximum absolute atomic E-state index is 12.3. The molecule has 0 saturated carbocycles. The average molecular weight is 324 g/mol. The number of fused-ring (bicyclic) bond motifs is 1. The molecule has 0 aliphatic heterocycles. The minimum absolute atomic E-state index is 0.255. The monoisotopic (exact) mass is 324 g/mol. The van der Waals surface area contributed by atoms with Crippen molar-refractivity contribution in [2.75, 3.05) is 5.32 Å². The molecule has 0 aliphatic carbocycles. The van der Waals surface area contributed by atoms with Crippen LogP contribution >= 0.6 is 11.3 Å². The number of nitrogens with zero attached hydrogens (tertiary/aromatic N) is 2. The normalized spacial score (nSPS) is 11.0. The van der Waals surface area contributed by atoms with Crippen molar-refractivity contribution >= 4 is 33.8 Å². The van der Waals surface area contributed by atoms with Gasteiger partial charge in [-0.15, -0.1) is 11.3 Å². The first-order chi connectivity index (χ1) is 11.2. The van der Waals surface area contributed by atoms with E-state index < -0.39 is 0 Å². The van der Waals surface area contributed by atoms with Crippen LogP contribution < -0.4 is 5.32 Å². The van der Waals surface area contributed by atoms with E-state index in [9.17, 15) is 4.79 Å². The third-order valence-corrected chi connectivity index (χ3v) is 4.24. The van der Waals surface area contributed by atoms with Gasteiger partial charge in [0.05, 0.1) is 11.7 Å². The highest BCUT2D eigenvalue weighted by molar-refractivity contribution is 7.13. The summed E-state index contributed by atoms with van der Waals surface area (Å²) in [5.41, 5.74) is 1.92. The molecule has 1 aromatic carbocycles. The Morgan fingerprint density at radius 1 is 1.30 bits per heavy atom. The molecule has 0 bridgehead atoms. The number of hydrogen-bond acceptors (Lipinski definition) is 5. The van der Waals surface area contributed by atoms with Crippen LogP contribution in [-0.4, -0.2) is 21.1 Å². The van der Waals surface area contributed by atoms with Gasteiger partial charge in [0, 0.05) is 16.5 Å². The number of aromatic nitrogens is 3. The lowest BCUT2D eigenvalue weighted by molar-refractivity contribution is 0.102. The fourth-order valence-electron chi connectivity index (χ4n) is 2.25. The molecule has 0 spiro atoms. The molecule has 2 N–H and O–H groups in total. The molecular formula is C16H12N4O2S. The zero-order valence-electron chi connectivity index (χ0n) is 12.2. The smallest absolute Gasteiger partial charge is 0.275 e. The number of furan rings is 1. The van der Waals surface area contributed by atoms with Crippen molar-refractivity contribution in [1.82, 2.24) is 15.2 Å². The van der Waals surface area contributed by atoms with Crippen LogP contribution in [0.2, 0.25) is 0 Å². The number of benzene rings is 1. The van der Waals surface area contributed by atoms with E-state index in [1.807, 2.05) is 37.3 Å². The molecule has 0 aliphatic rings. The molecule has 6 nitrogen and oxygen atoms in total. The first kappa shape index (κ1) is 13.7. The summed E-state index contributed by atoms with van der Waals surface area (Å²) in [5.74, 6) is 1.23. The van der Waals surface area contributed by atoms with E-state index in [1.54, 1.807) is 11.6 Å². The standard InChI is InChI=1S/C16H12N4O2S/c1-9-2-5-14(22-9)16-19-13(8-23-16)15(21)18-11-4-3-10-7-17-20-12(10)6-11/h2-8H,1H3,(H,17,20)(H,18,21). The molecule has 7 heteroatoms. The van der Waals surface area contributed by atoms with E-state index in [2.05, 4.69) is 20.5 Å². The lowest BCUT2D eigenvalue weighted by Gasteiger charge is -2.02. The van der Waals surface area contributed by atoms with Crippen LogP contribution in [0.3, 0.4) is 0 Å². The third kappa shape index (κ3) is 2.62. The van der Waals surface area contributed by atoms with Crippen molar-refractivity contribution in [1.29, 1.82) is 0 Å². The Kier molecular flexibility index (Phi) is 3.20. The Morgan fingerprint density at radius 3 is 3.04 bits per heavy atom. The van der Waals surface area contributed by atoms with Gasteiger partial charge in [0.15, 0.2) is 10.8 Å². The second kappa shape index (κ2) is 5.36. The molecule has 0 unspecified atom stereocenters. The number of anilines is 1. The summed E-state index contributed by atoms with van der Waals surface area (Å²) in [6, 6.07) is 9.28. The van der Waals surface area contributed by atoms with Crippen LogP contribution in [0.1, 0.15) is 16.2 Å². The Bertz CT molecular complexity index is 998. The number of carbonyl (C=O) groups is 1. The van der Waals surface area contributed by atoms with Gasteiger partial charge in [-0.2, -0.15) is 5.10 Å². The van der Waals surface area contributed by atoms with Gasteiger partial charge in [0.25, 0.3) is 5.91 Å². The van der Waals surface area contributed by atoms with Crippen LogP contribution in [0.4, 0.5) is 5.69 Å². The van der Waals surface area contributed by atoms with Crippen molar-refractivity contribution in [3.05, 3.63) is 53.4 Å². The summed E-state index contributed by atoms with van der Waals surface area (Å²) in [4.78, 5) is 16.6. The van der Waals surface area contributed by atoms with Crippen molar-refractivity contribution < 1.29 is 9.21 Å². The Hall–Kier alpha value is -2.93. The van der Waals surface area contributed by atoms with Gasteiger partial charge in [0.2, 0.25) is 0 Å². The number of H-pyrrole nitrogens is 1. The Labute approximate surface area is 135 Å². The van der Waals surface area contributed by atoms with Gasteiger partial charge < -0.3 is 9.73 Å². The quantitative estimate of drug-likeness (QED) is 0.599. The fourth-order valence-corrected chi connectivity index (χ4v) is 3.01. The molecule has 0 saturated heterocycles. The maximum Gasteiger partial charge on any atom is 0.275 e. The largest absolute Gasteiger partial charge is 0.459 e. The first-order valence-corrected chi connectivity index (χ1v) is 7.84. The summed E-state index contributed by atoms with van der Waals surface area (Å²) in [6.07, 6.45) is 1.74. The number of carbonyl (C=O) groups excluding carboxylic acids is 1. The molecular weight excluding hydrogens is 312 g/mol. The minimum atomic E-state index is -0.255. The van der Waals surface area contributed by atoms with E-state index in [4.69, 9.17) is 4.42 Å². The van der Waals surface area contributed by atoms with Crippen molar-refractivity contribution in [2.24, 2.45) is 0 Å². The zero-order valence-corrected chi connectivity index (χ0v) is 13.0. The maximum atomic E-state index is 12.3. The highest BCUT2D eigenvalue weighted by Gasteiger charge is 2.14. The summed E-state index contributed by atoms with van der Waals surface area (Å²) in [5, 5.41) is 13.1. The average Bonchev–Trinajstić information content (AvgIpc) is 3.26. The number of aryl methyl sites for hydroxylation is 1. The molecule has 0 atom stereocenters. The van der Waals surface area contributed by atoms with Gasteiger partial charge in [-0.25, -0.2) is 4.98 Å². The first-order valence-electron chi connectivity index (χ1n) is 6.96. The predicted octanol–water partition coefficient (Wildman–Crippen LogP) is 3.84. The van der Waals surface area contributed by atoms with Gasteiger partial charge in [-0.1, -0.05) is 0 Å². The van der Waals surface area contributed by atoms with Gasteiger partial charge in [-0.05, 0) is 37.3 Å². The third-order valence-electron chi connectivity index (χ3n) is 3.39. The Balaban J connectivity index is 1.55. The minimum Gasteiger partial charge on any atom is -0.459 e. The summed E-state index contributed by atoms with van der Waals surface area (Å²) in [6.45, 7) is 1.87. The van der Waals surface area contributed by atoms with E-state index in [0.29, 0.717) is 22.1 Å².